The first-order valence-electron chi connectivity index (χ1n) is 9.05. The second-order valence-electron chi connectivity index (χ2n) is 6.13. The first-order valence-corrected chi connectivity index (χ1v) is 10.3. The van der Waals surface area contributed by atoms with Crippen LogP contribution in [0.15, 0.2) is 36.4 Å². The molecule has 2 aromatic carbocycles. The van der Waals surface area contributed by atoms with Crippen LogP contribution in [0.3, 0.4) is 0 Å². The van der Waals surface area contributed by atoms with Gasteiger partial charge in [-0.1, -0.05) is 12.1 Å². The fraction of sp³-hybridized carbons (Fsp3) is 0.381. The molecule has 2 aromatic rings. The standard InChI is InChI=1S/C21H27NO6S/c1-25-18-8-6-16(20(12-18)27-3)14-22(29(24)11-5-10-23)15-17-7-9-19(26-2)13-21(17)28-4/h6-10,12-13H,5,11,14-15H2,1-4H3. The molecule has 158 valence electrons. The van der Waals surface area contributed by atoms with E-state index in [4.69, 9.17) is 18.9 Å². The Morgan fingerprint density at radius 2 is 1.31 bits per heavy atom. The number of methoxy groups -OCH3 is 4. The van der Waals surface area contributed by atoms with Crippen LogP contribution in [0, 0.1) is 0 Å². The predicted octanol–water partition coefficient (Wildman–Crippen LogP) is 2.98. The van der Waals surface area contributed by atoms with Gasteiger partial charge in [-0.3, -0.25) is 0 Å². The summed E-state index contributed by atoms with van der Waals surface area (Å²) in [5.41, 5.74) is 1.72. The molecule has 0 N–H and O–H groups in total. The molecule has 8 heteroatoms. The summed E-state index contributed by atoms with van der Waals surface area (Å²) in [5, 5.41) is 0. The van der Waals surface area contributed by atoms with Gasteiger partial charge in [0.25, 0.3) is 0 Å². The summed E-state index contributed by atoms with van der Waals surface area (Å²) in [5.74, 6) is 2.89. The van der Waals surface area contributed by atoms with Crippen LogP contribution in [0.2, 0.25) is 0 Å². The number of ether oxygens (including phenoxy) is 4. The third kappa shape index (κ3) is 6.20. The monoisotopic (exact) mass is 421 g/mol. The largest absolute Gasteiger partial charge is 0.497 e. The van der Waals surface area contributed by atoms with Crippen molar-refractivity contribution in [3.63, 3.8) is 0 Å². The Bertz CT molecular complexity index is 784. The summed E-state index contributed by atoms with van der Waals surface area (Å²) < 4.78 is 36.1. The van der Waals surface area contributed by atoms with Gasteiger partial charge >= 0.3 is 0 Å². The van der Waals surface area contributed by atoms with Crippen LogP contribution < -0.4 is 18.9 Å². The van der Waals surface area contributed by atoms with Crippen LogP contribution in [0.25, 0.3) is 0 Å². The number of benzene rings is 2. The van der Waals surface area contributed by atoms with E-state index in [1.54, 1.807) is 44.9 Å². The molecule has 29 heavy (non-hydrogen) atoms. The molecule has 0 aliphatic rings. The molecule has 2 rings (SSSR count). The highest BCUT2D eigenvalue weighted by atomic mass is 32.2. The Kier molecular flexibility index (Phi) is 8.95. The van der Waals surface area contributed by atoms with Gasteiger partial charge in [0, 0.05) is 48.5 Å². The minimum absolute atomic E-state index is 0.225. The lowest BCUT2D eigenvalue weighted by atomic mass is 10.1. The molecule has 0 saturated carbocycles. The highest BCUT2D eigenvalue weighted by Crippen LogP contribution is 2.29. The summed E-state index contributed by atoms with van der Waals surface area (Å²) in [4.78, 5) is 10.8. The van der Waals surface area contributed by atoms with E-state index in [0.29, 0.717) is 36.1 Å². The fourth-order valence-electron chi connectivity index (χ4n) is 2.82. The van der Waals surface area contributed by atoms with Crippen LogP contribution >= 0.6 is 0 Å². The number of rotatable bonds is 12. The molecule has 0 heterocycles. The van der Waals surface area contributed by atoms with E-state index in [2.05, 4.69) is 0 Å². The summed E-state index contributed by atoms with van der Waals surface area (Å²) in [6.07, 6.45) is 1.00. The zero-order valence-corrected chi connectivity index (χ0v) is 18.0. The van der Waals surface area contributed by atoms with Crippen molar-refractivity contribution in [1.29, 1.82) is 0 Å². The maximum atomic E-state index is 12.9. The Morgan fingerprint density at radius 3 is 1.69 bits per heavy atom. The highest BCUT2D eigenvalue weighted by Gasteiger charge is 2.19. The van der Waals surface area contributed by atoms with Gasteiger partial charge in [-0.15, -0.1) is 0 Å². The van der Waals surface area contributed by atoms with Gasteiger partial charge in [0.1, 0.15) is 29.3 Å². The SMILES string of the molecule is COc1ccc(CN(Cc2ccc(OC)cc2OC)S(=O)CCC=O)c(OC)c1. The van der Waals surface area contributed by atoms with E-state index < -0.39 is 11.0 Å². The summed E-state index contributed by atoms with van der Waals surface area (Å²) >= 11 is 0. The normalized spacial score (nSPS) is 11.8. The first kappa shape index (κ1) is 22.7. The predicted molar refractivity (Wildman–Crippen MR) is 112 cm³/mol. The van der Waals surface area contributed by atoms with Gasteiger partial charge in [-0.05, 0) is 12.1 Å². The zero-order valence-electron chi connectivity index (χ0n) is 17.2. The topological polar surface area (TPSA) is 74.3 Å². The lowest BCUT2D eigenvalue weighted by Crippen LogP contribution is -2.27. The average molecular weight is 422 g/mol. The molecule has 0 saturated heterocycles. The van der Waals surface area contributed by atoms with Crippen molar-refractivity contribution in [2.45, 2.75) is 19.5 Å². The van der Waals surface area contributed by atoms with E-state index in [-0.39, 0.29) is 12.2 Å². The lowest BCUT2D eigenvalue weighted by molar-refractivity contribution is -0.107. The van der Waals surface area contributed by atoms with Gasteiger partial charge in [0.15, 0.2) is 0 Å². The lowest BCUT2D eigenvalue weighted by Gasteiger charge is -2.23. The van der Waals surface area contributed by atoms with E-state index in [1.165, 1.54) is 0 Å². The van der Waals surface area contributed by atoms with Crippen LogP contribution in [0.5, 0.6) is 23.0 Å². The molecule has 1 atom stereocenters. The maximum absolute atomic E-state index is 12.9. The molecule has 1 unspecified atom stereocenters. The van der Waals surface area contributed by atoms with Crippen LogP contribution in [0.1, 0.15) is 17.5 Å². The maximum Gasteiger partial charge on any atom is 0.127 e. The number of carbonyl (C=O) groups is 1. The Morgan fingerprint density at radius 1 is 0.828 bits per heavy atom. The summed E-state index contributed by atoms with van der Waals surface area (Å²) in [6.45, 7) is 0.738. The van der Waals surface area contributed by atoms with E-state index in [1.807, 2.05) is 24.3 Å². The number of carbonyl (C=O) groups excluding carboxylic acids is 1. The number of hydrogen-bond acceptors (Lipinski definition) is 6. The van der Waals surface area contributed by atoms with Crippen molar-refractivity contribution >= 4 is 17.3 Å². The second-order valence-corrected chi connectivity index (χ2v) is 7.70. The minimum atomic E-state index is -1.36. The van der Waals surface area contributed by atoms with Crippen molar-refractivity contribution in [2.24, 2.45) is 0 Å². The van der Waals surface area contributed by atoms with Crippen molar-refractivity contribution in [1.82, 2.24) is 4.31 Å². The Hall–Kier alpha value is -2.58. The Labute approximate surface area is 174 Å². The molecule has 0 spiro atoms. The molecule has 7 nitrogen and oxygen atoms in total. The van der Waals surface area contributed by atoms with Gasteiger partial charge in [0.05, 0.1) is 39.4 Å². The molecular formula is C21H27NO6S. The summed E-state index contributed by atoms with van der Waals surface area (Å²) in [7, 11) is 4.98. The van der Waals surface area contributed by atoms with Crippen molar-refractivity contribution in [3.8, 4) is 23.0 Å². The average Bonchev–Trinajstić information content (AvgIpc) is 2.77. The van der Waals surface area contributed by atoms with Gasteiger partial charge in [-0.2, -0.15) is 0 Å². The molecule has 0 fully saturated rings. The quantitative estimate of drug-likeness (QED) is 0.491. The number of aldehydes is 1. The molecule has 0 amide bonds. The molecule has 0 aromatic heterocycles. The van der Waals surface area contributed by atoms with Gasteiger partial charge in [-0.25, -0.2) is 8.51 Å². The third-order valence-corrected chi connectivity index (χ3v) is 5.80. The van der Waals surface area contributed by atoms with Gasteiger partial charge in [0.2, 0.25) is 0 Å². The molecule has 0 radical (unpaired) electrons. The van der Waals surface area contributed by atoms with Gasteiger partial charge < -0.3 is 23.7 Å². The molecule has 0 bridgehead atoms. The smallest absolute Gasteiger partial charge is 0.127 e. The number of nitrogens with zero attached hydrogens (tertiary/aromatic N) is 1. The van der Waals surface area contributed by atoms with E-state index >= 15 is 0 Å². The second kappa shape index (κ2) is 11.4. The minimum Gasteiger partial charge on any atom is -0.497 e. The first-order chi connectivity index (χ1) is 14.1. The van der Waals surface area contributed by atoms with E-state index in [0.717, 1.165) is 17.4 Å². The van der Waals surface area contributed by atoms with Crippen LogP contribution in [0.4, 0.5) is 0 Å². The Balaban J connectivity index is 2.33. The molecule has 0 aliphatic carbocycles. The highest BCUT2D eigenvalue weighted by molar-refractivity contribution is 7.82. The van der Waals surface area contributed by atoms with Crippen molar-refractivity contribution in [3.05, 3.63) is 47.5 Å². The fourth-order valence-corrected chi connectivity index (χ4v) is 3.95. The van der Waals surface area contributed by atoms with Crippen LogP contribution in [-0.4, -0.2) is 49.0 Å². The summed E-state index contributed by atoms with van der Waals surface area (Å²) in [6, 6.07) is 11.0. The van der Waals surface area contributed by atoms with E-state index in [9.17, 15) is 9.00 Å². The van der Waals surface area contributed by atoms with Crippen molar-refractivity contribution < 1.29 is 28.0 Å². The number of hydrogen-bond donors (Lipinski definition) is 0. The van der Waals surface area contributed by atoms with Crippen molar-refractivity contribution in [2.75, 3.05) is 34.2 Å². The van der Waals surface area contributed by atoms with Crippen LogP contribution in [-0.2, 0) is 28.9 Å². The zero-order chi connectivity index (χ0) is 21.2. The molecular weight excluding hydrogens is 394 g/mol. The third-order valence-electron chi connectivity index (χ3n) is 4.38. The molecule has 0 aliphatic heterocycles.